The van der Waals surface area contributed by atoms with Gasteiger partial charge in [-0.05, 0) is 19.3 Å². The molecule has 0 aromatic carbocycles. The Morgan fingerprint density at radius 1 is 1.38 bits per heavy atom. The number of rotatable bonds is 8. The Balaban J connectivity index is 2.25. The number of nitriles is 1. The molecule has 1 aromatic heterocycles. The number of aryl methyl sites for hydroxylation is 1. The number of thiazole rings is 1. The van der Waals surface area contributed by atoms with Gasteiger partial charge in [0.25, 0.3) is 0 Å². The van der Waals surface area contributed by atoms with E-state index >= 15 is 0 Å². The van der Waals surface area contributed by atoms with E-state index in [0.717, 1.165) is 31.4 Å². The second-order valence-corrected chi connectivity index (χ2v) is 5.99. The summed E-state index contributed by atoms with van der Waals surface area (Å²) in [6, 6.07) is 0. The van der Waals surface area contributed by atoms with Crippen LogP contribution in [0.1, 0.15) is 25.0 Å². The lowest BCUT2D eigenvalue weighted by Gasteiger charge is -2.06. The quantitative estimate of drug-likeness (QED) is 0.176. The summed E-state index contributed by atoms with van der Waals surface area (Å²) in [6.45, 7) is -0.635. The molecule has 0 unspecified atom stereocenters. The second kappa shape index (κ2) is 11.1. The average molecular weight is 390 g/mol. The van der Waals surface area contributed by atoms with E-state index in [1.165, 1.54) is 11.3 Å². The summed E-state index contributed by atoms with van der Waals surface area (Å²) in [7, 11) is 1.58. The molecule has 8 nitrogen and oxygen atoms in total. The van der Waals surface area contributed by atoms with Crippen molar-refractivity contribution in [2.75, 3.05) is 25.5 Å². The van der Waals surface area contributed by atoms with Gasteiger partial charge >= 0.3 is 6.18 Å². The van der Waals surface area contributed by atoms with Crippen molar-refractivity contribution < 1.29 is 13.2 Å². The summed E-state index contributed by atoms with van der Waals surface area (Å²) in [4.78, 5) is 11.3. The van der Waals surface area contributed by atoms with Crippen LogP contribution in [0.5, 0.6) is 0 Å². The maximum absolute atomic E-state index is 12.1. The SMILES string of the molecule is CN=C(NC#N)NCCCCCc1csc(NC(N)=NCC(F)(F)F)n1. The zero-order chi connectivity index (χ0) is 19.4. The minimum Gasteiger partial charge on any atom is -0.370 e. The number of alkyl halides is 3. The number of unbranched alkanes of at least 4 members (excludes halogenated alkanes) is 2. The summed E-state index contributed by atoms with van der Waals surface area (Å²) in [5.41, 5.74) is 6.24. The number of anilines is 1. The molecule has 1 aromatic rings. The van der Waals surface area contributed by atoms with Crippen molar-refractivity contribution in [1.82, 2.24) is 15.6 Å². The van der Waals surface area contributed by atoms with E-state index in [-0.39, 0.29) is 5.96 Å². The predicted octanol–water partition coefficient (Wildman–Crippen LogP) is 1.79. The molecule has 0 aliphatic rings. The summed E-state index contributed by atoms with van der Waals surface area (Å²) in [5.74, 6) is 0.126. The van der Waals surface area contributed by atoms with Crippen molar-refractivity contribution in [1.29, 1.82) is 5.26 Å². The Morgan fingerprint density at radius 2 is 2.15 bits per heavy atom. The fraction of sp³-hybridized carbons (Fsp3) is 0.571. The van der Waals surface area contributed by atoms with Crippen LogP contribution in [0.25, 0.3) is 0 Å². The summed E-state index contributed by atoms with van der Waals surface area (Å²) in [6.07, 6.45) is 0.923. The molecule has 0 fully saturated rings. The molecule has 0 atom stereocenters. The van der Waals surface area contributed by atoms with E-state index in [4.69, 9.17) is 11.0 Å². The normalized spacial score (nSPS) is 12.6. The fourth-order valence-corrected chi connectivity index (χ4v) is 2.60. The third-order valence-corrected chi connectivity index (χ3v) is 3.82. The number of halogens is 3. The highest BCUT2D eigenvalue weighted by Crippen LogP contribution is 2.18. The Labute approximate surface area is 153 Å². The standard InChI is InChI=1S/C14H21F3N8S/c1-20-12(23-9-18)21-6-4-2-3-5-10-7-26-13(24-10)25-11(19)22-8-14(15,16)17/h7H,2-6,8H2,1H3,(H2,20,21,23)(H3,19,22,24,25). The third kappa shape index (κ3) is 9.67. The molecular weight excluding hydrogens is 369 g/mol. The van der Waals surface area contributed by atoms with Crippen molar-refractivity contribution in [3.05, 3.63) is 11.1 Å². The van der Waals surface area contributed by atoms with Gasteiger partial charge in [0.15, 0.2) is 17.3 Å². The zero-order valence-corrected chi connectivity index (χ0v) is 15.0. The Morgan fingerprint density at radius 3 is 2.81 bits per heavy atom. The zero-order valence-electron chi connectivity index (χ0n) is 14.2. The minimum absolute atomic E-state index is 0.311. The van der Waals surface area contributed by atoms with Crippen molar-refractivity contribution in [3.63, 3.8) is 0 Å². The molecule has 12 heteroatoms. The van der Waals surface area contributed by atoms with Gasteiger partial charge in [-0.2, -0.15) is 18.4 Å². The molecule has 0 saturated heterocycles. The molecule has 0 aliphatic heterocycles. The number of hydrogen-bond acceptors (Lipinski definition) is 5. The number of aromatic nitrogens is 1. The Bertz CT molecular complexity index is 647. The fourth-order valence-electron chi connectivity index (χ4n) is 1.85. The number of guanidine groups is 2. The van der Waals surface area contributed by atoms with Crippen LogP contribution in [0.2, 0.25) is 0 Å². The Hall–Kier alpha value is -2.55. The molecule has 0 amide bonds. The first-order chi connectivity index (χ1) is 12.3. The smallest absolute Gasteiger partial charge is 0.370 e. The molecule has 0 bridgehead atoms. The monoisotopic (exact) mass is 390 g/mol. The van der Waals surface area contributed by atoms with Gasteiger partial charge in [0.1, 0.15) is 6.54 Å². The van der Waals surface area contributed by atoms with Gasteiger partial charge in [-0.25, -0.2) is 9.98 Å². The van der Waals surface area contributed by atoms with Gasteiger partial charge < -0.3 is 16.4 Å². The summed E-state index contributed by atoms with van der Waals surface area (Å²) < 4.78 is 36.2. The molecule has 1 rings (SSSR count). The highest BCUT2D eigenvalue weighted by atomic mass is 32.1. The topological polar surface area (TPSA) is 124 Å². The van der Waals surface area contributed by atoms with Gasteiger partial charge in [0.05, 0.1) is 5.69 Å². The van der Waals surface area contributed by atoms with Crippen molar-refractivity contribution >= 4 is 28.4 Å². The van der Waals surface area contributed by atoms with E-state index < -0.39 is 12.7 Å². The van der Waals surface area contributed by atoms with Crippen LogP contribution < -0.4 is 21.7 Å². The lowest BCUT2D eigenvalue weighted by Crippen LogP contribution is -2.34. The molecule has 0 spiro atoms. The highest BCUT2D eigenvalue weighted by Gasteiger charge is 2.26. The van der Waals surface area contributed by atoms with Crippen LogP contribution in [0.15, 0.2) is 15.4 Å². The number of nitrogens with one attached hydrogen (secondary N) is 3. The molecule has 26 heavy (non-hydrogen) atoms. The lowest BCUT2D eigenvalue weighted by atomic mass is 10.1. The van der Waals surface area contributed by atoms with Gasteiger partial charge in [0, 0.05) is 19.0 Å². The van der Waals surface area contributed by atoms with Crippen molar-refractivity contribution in [3.8, 4) is 6.19 Å². The number of nitrogens with two attached hydrogens (primary N) is 1. The van der Waals surface area contributed by atoms with Crippen LogP contribution in [0.4, 0.5) is 18.3 Å². The van der Waals surface area contributed by atoms with E-state index in [1.54, 1.807) is 13.2 Å². The maximum atomic E-state index is 12.1. The van der Waals surface area contributed by atoms with E-state index in [1.807, 2.05) is 5.38 Å². The first-order valence-electron chi connectivity index (χ1n) is 7.78. The molecule has 0 radical (unpaired) electrons. The largest absolute Gasteiger partial charge is 0.408 e. The maximum Gasteiger partial charge on any atom is 0.408 e. The lowest BCUT2D eigenvalue weighted by molar-refractivity contribution is -0.118. The van der Waals surface area contributed by atoms with Crippen LogP contribution >= 0.6 is 11.3 Å². The molecular formula is C14H21F3N8S. The molecule has 1 heterocycles. The van der Waals surface area contributed by atoms with E-state index in [9.17, 15) is 13.2 Å². The number of nitrogens with zero attached hydrogens (tertiary/aromatic N) is 4. The first-order valence-corrected chi connectivity index (χ1v) is 8.66. The highest BCUT2D eigenvalue weighted by molar-refractivity contribution is 7.13. The number of aliphatic imine (C=N–C) groups is 2. The number of hydrogen-bond donors (Lipinski definition) is 4. The summed E-state index contributed by atoms with van der Waals surface area (Å²) >= 11 is 1.26. The van der Waals surface area contributed by atoms with Crippen LogP contribution in [0, 0.1) is 11.5 Å². The van der Waals surface area contributed by atoms with Crippen LogP contribution in [-0.4, -0.2) is 43.2 Å². The minimum atomic E-state index is -4.39. The Kier molecular flexibility index (Phi) is 9.21. The van der Waals surface area contributed by atoms with E-state index in [0.29, 0.717) is 17.6 Å². The van der Waals surface area contributed by atoms with Crippen molar-refractivity contribution in [2.45, 2.75) is 31.9 Å². The molecule has 5 N–H and O–H groups in total. The van der Waals surface area contributed by atoms with Gasteiger partial charge in [0.2, 0.25) is 5.96 Å². The third-order valence-electron chi connectivity index (χ3n) is 3.02. The van der Waals surface area contributed by atoms with Crippen LogP contribution in [0.3, 0.4) is 0 Å². The molecule has 0 saturated carbocycles. The van der Waals surface area contributed by atoms with Crippen LogP contribution in [-0.2, 0) is 6.42 Å². The van der Waals surface area contributed by atoms with E-state index in [2.05, 4.69) is 30.9 Å². The van der Waals surface area contributed by atoms with Crippen molar-refractivity contribution in [2.24, 2.45) is 15.7 Å². The molecule has 0 aliphatic carbocycles. The van der Waals surface area contributed by atoms with Gasteiger partial charge in [-0.3, -0.25) is 10.3 Å². The second-order valence-electron chi connectivity index (χ2n) is 5.13. The van der Waals surface area contributed by atoms with Gasteiger partial charge in [-0.15, -0.1) is 11.3 Å². The summed E-state index contributed by atoms with van der Waals surface area (Å²) in [5, 5.41) is 18.7. The van der Waals surface area contributed by atoms with Gasteiger partial charge in [-0.1, -0.05) is 6.42 Å². The predicted molar refractivity (Wildman–Crippen MR) is 95.9 cm³/mol. The molecule has 144 valence electrons. The average Bonchev–Trinajstić information content (AvgIpc) is 3.01. The first kappa shape index (κ1) is 21.5.